The van der Waals surface area contributed by atoms with Gasteiger partial charge in [-0.1, -0.05) is 48.5 Å². The lowest BCUT2D eigenvalue weighted by Gasteiger charge is -2.29. The largest absolute Gasteiger partial charge is 0.446 e. The van der Waals surface area contributed by atoms with Crippen LogP contribution in [0.2, 0.25) is 0 Å². The van der Waals surface area contributed by atoms with Crippen molar-refractivity contribution >= 4 is 23.9 Å². The van der Waals surface area contributed by atoms with Crippen molar-refractivity contribution in [1.29, 1.82) is 0 Å². The second-order valence-corrected chi connectivity index (χ2v) is 9.66. The zero-order valence-electron chi connectivity index (χ0n) is 20.8. The Kier molecular flexibility index (Phi) is 9.05. The SMILES string of the molecule is CC(C)(C)OC(=O)NC(C[C@@H]1CCNC1=O)[C@H](OC(=O)c1ccccc1)C(=O)NCc1ccccc1. The lowest BCUT2D eigenvalue weighted by atomic mass is 9.94. The smallest absolute Gasteiger partial charge is 0.408 e. The zero-order chi connectivity index (χ0) is 26.1. The van der Waals surface area contributed by atoms with Crippen LogP contribution in [0.25, 0.3) is 0 Å². The van der Waals surface area contributed by atoms with E-state index >= 15 is 0 Å². The number of carbonyl (C=O) groups excluding carboxylic acids is 4. The maximum absolute atomic E-state index is 13.4. The van der Waals surface area contributed by atoms with Crippen molar-refractivity contribution in [3.05, 3.63) is 71.8 Å². The number of nitrogens with one attached hydrogen (secondary N) is 3. The van der Waals surface area contributed by atoms with E-state index in [1.807, 2.05) is 30.3 Å². The molecule has 3 rings (SSSR count). The molecule has 0 bridgehead atoms. The topological polar surface area (TPSA) is 123 Å². The Balaban J connectivity index is 1.86. The molecule has 0 aliphatic carbocycles. The van der Waals surface area contributed by atoms with Crippen LogP contribution in [0.1, 0.15) is 49.5 Å². The van der Waals surface area contributed by atoms with Crippen molar-refractivity contribution in [1.82, 2.24) is 16.0 Å². The third-order valence-corrected chi connectivity index (χ3v) is 5.58. The molecule has 1 aliphatic heterocycles. The van der Waals surface area contributed by atoms with Crippen LogP contribution in [0, 0.1) is 5.92 Å². The van der Waals surface area contributed by atoms with Crippen LogP contribution in [0.15, 0.2) is 60.7 Å². The monoisotopic (exact) mass is 495 g/mol. The van der Waals surface area contributed by atoms with Crippen LogP contribution >= 0.6 is 0 Å². The van der Waals surface area contributed by atoms with Crippen molar-refractivity contribution < 1.29 is 28.7 Å². The molecule has 0 spiro atoms. The average molecular weight is 496 g/mol. The molecule has 1 aliphatic rings. The number of amides is 3. The Morgan fingerprint density at radius 3 is 2.25 bits per heavy atom. The summed E-state index contributed by atoms with van der Waals surface area (Å²) in [7, 11) is 0. The quantitative estimate of drug-likeness (QED) is 0.460. The molecule has 1 fully saturated rings. The minimum atomic E-state index is -1.40. The number of ether oxygens (including phenoxy) is 2. The van der Waals surface area contributed by atoms with Crippen LogP contribution < -0.4 is 16.0 Å². The number of hydrogen-bond donors (Lipinski definition) is 3. The van der Waals surface area contributed by atoms with E-state index < -0.39 is 41.6 Å². The van der Waals surface area contributed by atoms with Crippen molar-refractivity contribution in [3.63, 3.8) is 0 Å². The van der Waals surface area contributed by atoms with Gasteiger partial charge >= 0.3 is 12.1 Å². The second kappa shape index (κ2) is 12.2. The first kappa shape index (κ1) is 26.7. The average Bonchev–Trinajstić information content (AvgIpc) is 3.24. The predicted molar refractivity (Wildman–Crippen MR) is 133 cm³/mol. The highest BCUT2D eigenvalue weighted by Gasteiger charge is 2.38. The molecule has 9 heteroatoms. The summed E-state index contributed by atoms with van der Waals surface area (Å²) in [6.45, 7) is 5.84. The number of benzene rings is 2. The summed E-state index contributed by atoms with van der Waals surface area (Å²) in [5.74, 6) is -1.95. The van der Waals surface area contributed by atoms with E-state index in [1.165, 1.54) is 0 Å². The first-order chi connectivity index (χ1) is 17.1. The van der Waals surface area contributed by atoms with Crippen LogP contribution in [0.4, 0.5) is 4.79 Å². The summed E-state index contributed by atoms with van der Waals surface area (Å²) < 4.78 is 11.1. The van der Waals surface area contributed by atoms with Crippen LogP contribution in [-0.2, 0) is 25.6 Å². The fourth-order valence-electron chi connectivity index (χ4n) is 3.86. The molecule has 3 N–H and O–H groups in total. The molecule has 0 saturated carbocycles. The Labute approximate surface area is 210 Å². The first-order valence-electron chi connectivity index (χ1n) is 12.0. The van der Waals surface area contributed by atoms with Gasteiger partial charge in [0.2, 0.25) is 12.0 Å². The van der Waals surface area contributed by atoms with Crippen molar-refractivity contribution in [2.75, 3.05) is 6.54 Å². The summed E-state index contributed by atoms with van der Waals surface area (Å²) in [5.41, 5.74) is 0.323. The summed E-state index contributed by atoms with van der Waals surface area (Å²) in [4.78, 5) is 51.3. The normalized spacial score (nSPS) is 16.9. The molecule has 192 valence electrons. The van der Waals surface area contributed by atoms with Gasteiger partial charge in [-0.3, -0.25) is 9.59 Å². The van der Waals surface area contributed by atoms with E-state index in [0.717, 1.165) is 5.56 Å². The summed E-state index contributed by atoms with van der Waals surface area (Å²) in [6.07, 6.45) is -1.54. The minimum absolute atomic E-state index is 0.0938. The fraction of sp³-hybridized carbons (Fsp3) is 0.407. The van der Waals surface area contributed by atoms with E-state index in [-0.39, 0.29) is 24.4 Å². The second-order valence-electron chi connectivity index (χ2n) is 9.66. The number of esters is 1. The maximum atomic E-state index is 13.4. The van der Waals surface area contributed by atoms with Crippen molar-refractivity contribution in [3.8, 4) is 0 Å². The molecular weight excluding hydrogens is 462 g/mol. The van der Waals surface area contributed by atoms with Gasteiger partial charge in [-0.15, -0.1) is 0 Å². The standard InChI is InChI=1S/C27H33N3O6/c1-27(2,3)36-26(34)30-21(16-20-14-15-28-23(20)31)22(35-25(33)19-12-8-5-9-13-19)24(32)29-17-18-10-6-4-7-11-18/h4-13,20-22H,14-17H2,1-3H3,(H,28,31)(H,29,32)(H,30,34)/t20-,21?,22-/m0/s1. The Morgan fingerprint density at radius 1 is 1.03 bits per heavy atom. The number of hydrogen-bond acceptors (Lipinski definition) is 6. The summed E-state index contributed by atoms with van der Waals surface area (Å²) in [6, 6.07) is 16.5. The molecule has 36 heavy (non-hydrogen) atoms. The highest BCUT2D eigenvalue weighted by Crippen LogP contribution is 2.21. The van der Waals surface area contributed by atoms with Crippen LogP contribution in [0.5, 0.6) is 0 Å². The predicted octanol–water partition coefficient (Wildman–Crippen LogP) is 2.95. The van der Waals surface area contributed by atoms with Gasteiger partial charge < -0.3 is 25.4 Å². The van der Waals surface area contributed by atoms with Gasteiger partial charge in [0, 0.05) is 19.0 Å². The number of rotatable bonds is 9. The van der Waals surface area contributed by atoms with Crippen molar-refractivity contribution in [2.24, 2.45) is 5.92 Å². The molecule has 3 atom stereocenters. The van der Waals surface area contributed by atoms with Gasteiger partial charge in [0.05, 0.1) is 11.6 Å². The van der Waals surface area contributed by atoms with Crippen LogP contribution in [-0.4, -0.2) is 48.2 Å². The Morgan fingerprint density at radius 2 is 1.67 bits per heavy atom. The molecule has 0 radical (unpaired) electrons. The molecule has 1 saturated heterocycles. The van der Waals surface area contributed by atoms with Crippen LogP contribution in [0.3, 0.4) is 0 Å². The highest BCUT2D eigenvalue weighted by molar-refractivity contribution is 5.93. The van der Waals surface area contributed by atoms with Crippen molar-refractivity contribution in [2.45, 2.75) is 57.9 Å². The summed E-state index contributed by atoms with van der Waals surface area (Å²) in [5, 5.41) is 8.22. The number of alkyl carbamates (subject to hydrolysis) is 1. The number of carbonyl (C=O) groups is 4. The molecule has 3 amide bonds. The van der Waals surface area contributed by atoms with Gasteiger partial charge in [0.15, 0.2) is 0 Å². The van der Waals surface area contributed by atoms with Gasteiger partial charge in [-0.05, 0) is 51.3 Å². The third-order valence-electron chi connectivity index (χ3n) is 5.58. The lowest BCUT2D eigenvalue weighted by Crippen LogP contribution is -2.54. The molecule has 9 nitrogen and oxygen atoms in total. The van der Waals surface area contributed by atoms with E-state index in [9.17, 15) is 19.2 Å². The van der Waals surface area contributed by atoms with E-state index in [0.29, 0.717) is 13.0 Å². The van der Waals surface area contributed by atoms with E-state index in [2.05, 4.69) is 16.0 Å². The molecule has 0 aromatic heterocycles. The van der Waals surface area contributed by atoms with Gasteiger partial charge in [0.1, 0.15) is 5.60 Å². The summed E-state index contributed by atoms with van der Waals surface area (Å²) >= 11 is 0. The lowest BCUT2D eigenvalue weighted by molar-refractivity contribution is -0.132. The Hall–Kier alpha value is -3.88. The molecule has 2 aromatic rings. The molecule has 2 aromatic carbocycles. The van der Waals surface area contributed by atoms with E-state index in [1.54, 1.807) is 51.1 Å². The minimum Gasteiger partial charge on any atom is -0.446 e. The maximum Gasteiger partial charge on any atom is 0.408 e. The fourth-order valence-corrected chi connectivity index (χ4v) is 3.86. The highest BCUT2D eigenvalue weighted by atomic mass is 16.6. The third kappa shape index (κ3) is 8.11. The molecule has 1 heterocycles. The van der Waals surface area contributed by atoms with Gasteiger partial charge in [-0.2, -0.15) is 0 Å². The molecular formula is C27H33N3O6. The van der Waals surface area contributed by atoms with Gasteiger partial charge in [0.25, 0.3) is 5.91 Å². The Bertz CT molecular complexity index is 1050. The van der Waals surface area contributed by atoms with Gasteiger partial charge in [-0.25, -0.2) is 9.59 Å². The molecule has 1 unspecified atom stereocenters. The van der Waals surface area contributed by atoms with E-state index in [4.69, 9.17) is 9.47 Å². The zero-order valence-corrected chi connectivity index (χ0v) is 20.8. The first-order valence-corrected chi connectivity index (χ1v) is 12.0.